The Kier molecular flexibility index (Phi) is 4.00. The summed E-state index contributed by atoms with van der Waals surface area (Å²) in [4.78, 5) is 14.2. The Morgan fingerprint density at radius 1 is 1.41 bits per heavy atom. The van der Waals surface area contributed by atoms with Gasteiger partial charge in [0.15, 0.2) is 0 Å². The van der Waals surface area contributed by atoms with E-state index in [0.29, 0.717) is 5.78 Å². The van der Waals surface area contributed by atoms with Crippen LogP contribution in [0, 0.1) is 6.92 Å². The lowest BCUT2D eigenvalue weighted by molar-refractivity contribution is -0.123. The number of aryl methyl sites for hydroxylation is 1. The second-order valence-electron chi connectivity index (χ2n) is 5.00. The van der Waals surface area contributed by atoms with Crippen molar-refractivity contribution in [2.75, 3.05) is 7.05 Å². The number of rotatable bonds is 3. The van der Waals surface area contributed by atoms with Gasteiger partial charge in [0, 0.05) is 18.5 Å². The summed E-state index contributed by atoms with van der Waals surface area (Å²) < 4.78 is 5.29. The third-order valence-electron chi connectivity index (χ3n) is 3.69. The number of ketones is 1. The van der Waals surface area contributed by atoms with Gasteiger partial charge in [-0.2, -0.15) is 0 Å². The first-order valence-corrected chi connectivity index (χ1v) is 6.44. The molecule has 94 valence electrons. The highest BCUT2D eigenvalue weighted by atomic mass is 16.3. The van der Waals surface area contributed by atoms with Crippen molar-refractivity contribution in [2.45, 2.75) is 51.6 Å². The molecular formula is C14H21NO2. The summed E-state index contributed by atoms with van der Waals surface area (Å²) in [6.07, 6.45) is 6.90. The highest BCUT2D eigenvalue weighted by molar-refractivity contribution is 5.84. The van der Waals surface area contributed by atoms with Gasteiger partial charge in [0.25, 0.3) is 0 Å². The zero-order valence-electron chi connectivity index (χ0n) is 10.7. The maximum absolute atomic E-state index is 12.0. The summed E-state index contributed by atoms with van der Waals surface area (Å²) in [7, 11) is 2.04. The third kappa shape index (κ3) is 2.97. The Morgan fingerprint density at radius 3 is 2.94 bits per heavy atom. The standard InChI is InChI=1S/C14H21NO2/c1-11-12(8-9-17-11)10-15(2)13-6-4-3-5-7-14(13)16/h8-9,13H,3-7,10H2,1-2H3. The van der Waals surface area contributed by atoms with E-state index in [1.54, 1.807) is 6.26 Å². The molecule has 0 N–H and O–H groups in total. The molecule has 0 amide bonds. The SMILES string of the molecule is Cc1occc1CN(C)C1CCCCCC1=O. The first-order valence-electron chi connectivity index (χ1n) is 6.44. The molecule has 1 aliphatic carbocycles. The van der Waals surface area contributed by atoms with Crippen LogP contribution in [0.4, 0.5) is 0 Å². The fourth-order valence-corrected chi connectivity index (χ4v) is 2.56. The molecule has 3 heteroatoms. The number of carbonyl (C=O) groups is 1. The van der Waals surface area contributed by atoms with Crippen molar-refractivity contribution in [1.82, 2.24) is 4.90 Å². The highest BCUT2D eigenvalue weighted by Crippen LogP contribution is 2.21. The fourth-order valence-electron chi connectivity index (χ4n) is 2.56. The number of hydrogen-bond donors (Lipinski definition) is 0. The lowest BCUT2D eigenvalue weighted by Crippen LogP contribution is -2.37. The first-order chi connectivity index (χ1) is 8.18. The van der Waals surface area contributed by atoms with Gasteiger partial charge >= 0.3 is 0 Å². The van der Waals surface area contributed by atoms with Gasteiger partial charge in [-0.25, -0.2) is 0 Å². The van der Waals surface area contributed by atoms with E-state index in [0.717, 1.165) is 31.6 Å². The van der Waals surface area contributed by atoms with Crippen molar-refractivity contribution >= 4 is 5.78 Å². The average molecular weight is 235 g/mol. The molecular weight excluding hydrogens is 214 g/mol. The molecule has 0 radical (unpaired) electrons. The van der Waals surface area contributed by atoms with Crippen LogP contribution < -0.4 is 0 Å². The summed E-state index contributed by atoms with van der Waals surface area (Å²) >= 11 is 0. The number of Topliss-reactive ketones (excluding diaryl/α,β-unsaturated/α-hetero) is 1. The van der Waals surface area contributed by atoms with Crippen LogP contribution in [0.2, 0.25) is 0 Å². The molecule has 1 heterocycles. The minimum absolute atomic E-state index is 0.104. The molecule has 1 aliphatic rings. The lowest BCUT2D eigenvalue weighted by Gasteiger charge is -2.25. The van der Waals surface area contributed by atoms with Crippen molar-refractivity contribution in [3.8, 4) is 0 Å². The predicted octanol–water partition coefficient (Wildman–Crippen LogP) is 2.92. The zero-order valence-corrected chi connectivity index (χ0v) is 10.7. The molecule has 1 unspecified atom stereocenters. The zero-order chi connectivity index (χ0) is 12.3. The normalized spacial score (nSPS) is 21.8. The van der Waals surface area contributed by atoms with E-state index in [1.807, 2.05) is 20.0 Å². The van der Waals surface area contributed by atoms with Gasteiger partial charge in [0.05, 0.1) is 12.3 Å². The summed E-state index contributed by atoms with van der Waals surface area (Å²) in [5.41, 5.74) is 1.18. The summed E-state index contributed by atoms with van der Waals surface area (Å²) in [6, 6.07) is 2.10. The van der Waals surface area contributed by atoms with Crippen LogP contribution in [0.5, 0.6) is 0 Å². The van der Waals surface area contributed by atoms with Crippen LogP contribution in [0.3, 0.4) is 0 Å². The highest BCUT2D eigenvalue weighted by Gasteiger charge is 2.24. The van der Waals surface area contributed by atoms with E-state index in [2.05, 4.69) is 4.90 Å². The molecule has 0 saturated heterocycles. The maximum Gasteiger partial charge on any atom is 0.149 e. The molecule has 1 aromatic heterocycles. The van der Waals surface area contributed by atoms with Crippen molar-refractivity contribution in [1.29, 1.82) is 0 Å². The molecule has 2 rings (SSSR count). The Labute approximate surface area is 103 Å². The number of nitrogens with zero attached hydrogens (tertiary/aromatic N) is 1. The van der Waals surface area contributed by atoms with E-state index < -0.39 is 0 Å². The van der Waals surface area contributed by atoms with Gasteiger partial charge in [-0.3, -0.25) is 9.69 Å². The van der Waals surface area contributed by atoms with Gasteiger partial charge in [0.2, 0.25) is 0 Å². The molecule has 1 fully saturated rings. The summed E-state index contributed by atoms with van der Waals surface area (Å²) in [6.45, 7) is 2.77. The van der Waals surface area contributed by atoms with Gasteiger partial charge < -0.3 is 4.42 Å². The molecule has 17 heavy (non-hydrogen) atoms. The molecule has 1 aromatic rings. The Hall–Kier alpha value is -1.09. The Morgan fingerprint density at radius 2 is 2.24 bits per heavy atom. The Balaban J connectivity index is 2.01. The van der Waals surface area contributed by atoms with Crippen LogP contribution in [-0.4, -0.2) is 23.8 Å². The summed E-state index contributed by atoms with van der Waals surface area (Å²) in [5, 5.41) is 0. The number of likely N-dealkylation sites (N-methyl/N-ethyl adjacent to an activating group) is 1. The van der Waals surface area contributed by atoms with Crippen LogP contribution >= 0.6 is 0 Å². The molecule has 0 bridgehead atoms. The van der Waals surface area contributed by atoms with E-state index in [9.17, 15) is 4.79 Å². The van der Waals surface area contributed by atoms with E-state index >= 15 is 0 Å². The summed E-state index contributed by atoms with van der Waals surface area (Å²) in [5.74, 6) is 1.36. The molecule has 1 atom stereocenters. The van der Waals surface area contributed by atoms with Crippen molar-refractivity contribution in [2.24, 2.45) is 0 Å². The smallest absolute Gasteiger partial charge is 0.149 e. The topological polar surface area (TPSA) is 33.5 Å². The van der Waals surface area contributed by atoms with Gasteiger partial charge in [-0.05, 0) is 32.9 Å². The van der Waals surface area contributed by atoms with Crippen molar-refractivity contribution in [3.05, 3.63) is 23.7 Å². The predicted molar refractivity (Wildman–Crippen MR) is 66.8 cm³/mol. The second-order valence-corrected chi connectivity index (χ2v) is 5.00. The van der Waals surface area contributed by atoms with Crippen molar-refractivity contribution in [3.63, 3.8) is 0 Å². The van der Waals surface area contributed by atoms with Crippen LogP contribution in [0.25, 0.3) is 0 Å². The molecule has 0 aliphatic heterocycles. The largest absolute Gasteiger partial charge is 0.469 e. The van der Waals surface area contributed by atoms with E-state index in [-0.39, 0.29) is 6.04 Å². The van der Waals surface area contributed by atoms with Crippen LogP contribution in [0.15, 0.2) is 16.7 Å². The molecule has 3 nitrogen and oxygen atoms in total. The average Bonchev–Trinajstić information content (AvgIpc) is 2.57. The molecule has 1 saturated carbocycles. The van der Waals surface area contributed by atoms with Gasteiger partial charge in [-0.15, -0.1) is 0 Å². The fraction of sp³-hybridized carbons (Fsp3) is 0.643. The minimum Gasteiger partial charge on any atom is -0.469 e. The van der Waals surface area contributed by atoms with Gasteiger partial charge in [-0.1, -0.05) is 12.8 Å². The van der Waals surface area contributed by atoms with Crippen molar-refractivity contribution < 1.29 is 9.21 Å². The quantitative estimate of drug-likeness (QED) is 0.755. The molecule has 0 spiro atoms. The Bertz CT molecular complexity index is 383. The first kappa shape index (κ1) is 12.4. The van der Waals surface area contributed by atoms with Crippen LogP contribution in [0.1, 0.15) is 43.4 Å². The maximum atomic E-state index is 12.0. The lowest BCUT2D eigenvalue weighted by atomic mass is 10.1. The second kappa shape index (κ2) is 5.50. The third-order valence-corrected chi connectivity index (χ3v) is 3.69. The van der Waals surface area contributed by atoms with E-state index in [4.69, 9.17) is 4.42 Å². The number of hydrogen-bond acceptors (Lipinski definition) is 3. The number of furan rings is 1. The monoisotopic (exact) mass is 235 g/mol. The number of carbonyl (C=O) groups excluding carboxylic acids is 1. The van der Waals surface area contributed by atoms with Gasteiger partial charge in [0.1, 0.15) is 11.5 Å². The minimum atomic E-state index is 0.104. The van der Waals surface area contributed by atoms with Crippen LogP contribution in [-0.2, 0) is 11.3 Å². The van der Waals surface area contributed by atoms with E-state index in [1.165, 1.54) is 18.4 Å². The molecule has 0 aromatic carbocycles.